The molecule has 2 rings (SSSR count). The Morgan fingerprint density at radius 1 is 1.17 bits per heavy atom. The molecule has 128 valence electrons. The number of hydrogen-bond donors (Lipinski definition) is 1. The van der Waals surface area contributed by atoms with E-state index in [9.17, 15) is 13.2 Å². The maximum absolute atomic E-state index is 12.4. The van der Waals surface area contributed by atoms with Gasteiger partial charge in [0.05, 0.1) is 17.2 Å². The van der Waals surface area contributed by atoms with E-state index in [0.29, 0.717) is 17.9 Å². The minimum atomic E-state index is -3.81. The second-order valence-corrected chi connectivity index (χ2v) is 7.31. The van der Waals surface area contributed by atoms with Crippen LogP contribution in [-0.4, -0.2) is 21.0 Å². The van der Waals surface area contributed by atoms with E-state index >= 15 is 0 Å². The first kappa shape index (κ1) is 18.3. The molecule has 0 spiro atoms. The Labute approximate surface area is 146 Å². The largest absolute Gasteiger partial charge is 0.462 e. The summed E-state index contributed by atoms with van der Waals surface area (Å²) in [6.07, 6.45) is 0.737. The highest BCUT2D eigenvalue weighted by molar-refractivity contribution is 7.92. The lowest BCUT2D eigenvalue weighted by Gasteiger charge is -2.10. The molecule has 5 nitrogen and oxygen atoms in total. The fourth-order valence-electron chi connectivity index (χ4n) is 1.99. The quantitative estimate of drug-likeness (QED) is 0.783. The molecule has 0 saturated heterocycles. The molecule has 0 atom stereocenters. The van der Waals surface area contributed by atoms with Gasteiger partial charge < -0.3 is 4.74 Å². The molecule has 1 N–H and O–H groups in total. The number of carbonyl (C=O) groups excluding carboxylic acids is 1. The molecule has 0 amide bonds. The first-order valence-corrected chi connectivity index (χ1v) is 9.26. The first-order chi connectivity index (χ1) is 11.3. The molecule has 2 aromatic rings. The zero-order valence-electron chi connectivity index (χ0n) is 13.4. The van der Waals surface area contributed by atoms with Crippen molar-refractivity contribution >= 4 is 33.3 Å². The van der Waals surface area contributed by atoms with Gasteiger partial charge in [0.2, 0.25) is 0 Å². The number of benzene rings is 2. The van der Waals surface area contributed by atoms with E-state index in [0.717, 1.165) is 12.0 Å². The summed E-state index contributed by atoms with van der Waals surface area (Å²) >= 11 is 6.02. The van der Waals surface area contributed by atoms with Crippen LogP contribution in [-0.2, 0) is 14.8 Å². The summed E-state index contributed by atoms with van der Waals surface area (Å²) in [5, 5.41) is 0.155. The Hall–Kier alpha value is -2.05. The number of carbonyl (C=O) groups is 1. The molecule has 24 heavy (non-hydrogen) atoms. The van der Waals surface area contributed by atoms with Crippen molar-refractivity contribution < 1.29 is 17.9 Å². The van der Waals surface area contributed by atoms with Gasteiger partial charge in [0.15, 0.2) is 0 Å². The van der Waals surface area contributed by atoms with Gasteiger partial charge >= 0.3 is 5.97 Å². The van der Waals surface area contributed by atoms with Crippen LogP contribution < -0.4 is 4.72 Å². The van der Waals surface area contributed by atoms with Gasteiger partial charge in [-0.1, -0.05) is 24.6 Å². The Bertz CT molecular complexity index is 832. The smallest absolute Gasteiger partial charge is 0.338 e. The van der Waals surface area contributed by atoms with Gasteiger partial charge in [-0.2, -0.15) is 0 Å². The van der Waals surface area contributed by atoms with Crippen LogP contribution in [0.2, 0.25) is 5.02 Å². The Morgan fingerprint density at radius 2 is 1.83 bits per heavy atom. The van der Waals surface area contributed by atoms with E-state index in [1.54, 1.807) is 12.1 Å². The summed E-state index contributed by atoms with van der Waals surface area (Å²) in [6.45, 7) is 4.08. The third-order valence-electron chi connectivity index (χ3n) is 3.19. The zero-order valence-corrected chi connectivity index (χ0v) is 14.9. The summed E-state index contributed by atoms with van der Waals surface area (Å²) in [7, 11) is -3.81. The van der Waals surface area contributed by atoms with E-state index in [2.05, 4.69) is 4.72 Å². The number of esters is 1. The van der Waals surface area contributed by atoms with Gasteiger partial charge in [-0.3, -0.25) is 4.72 Å². The number of nitrogens with one attached hydrogen (secondary N) is 1. The average Bonchev–Trinajstić information content (AvgIpc) is 2.52. The summed E-state index contributed by atoms with van der Waals surface area (Å²) in [4.78, 5) is 11.7. The molecule has 0 saturated carbocycles. The maximum Gasteiger partial charge on any atom is 0.338 e. The average molecular weight is 368 g/mol. The Kier molecular flexibility index (Phi) is 5.85. The van der Waals surface area contributed by atoms with E-state index in [1.165, 1.54) is 30.3 Å². The topological polar surface area (TPSA) is 72.5 Å². The summed E-state index contributed by atoms with van der Waals surface area (Å²) in [5.74, 6) is -0.437. The van der Waals surface area contributed by atoms with Crippen molar-refractivity contribution in [3.63, 3.8) is 0 Å². The van der Waals surface area contributed by atoms with Gasteiger partial charge in [0.1, 0.15) is 4.90 Å². The monoisotopic (exact) mass is 367 g/mol. The fraction of sp³-hybridized carbons (Fsp3) is 0.235. The van der Waals surface area contributed by atoms with Crippen LogP contribution in [0.1, 0.15) is 29.3 Å². The standard InChI is InChI=1S/C17H18ClNO4S/c1-3-10-23-17(20)13-5-7-14(8-6-13)19-24(21,22)16-9-4-12(2)11-15(16)18/h4-9,11,19H,3,10H2,1-2H3. The Balaban J connectivity index is 2.17. The lowest BCUT2D eigenvalue weighted by Crippen LogP contribution is -2.14. The highest BCUT2D eigenvalue weighted by Gasteiger charge is 2.18. The highest BCUT2D eigenvalue weighted by atomic mass is 35.5. The van der Waals surface area contributed by atoms with E-state index < -0.39 is 16.0 Å². The normalized spacial score (nSPS) is 11.1. The lowest BCUT2D eigenvalue weighted by molar-refractivity contribution is 0.0505. The van der Waals surface area contributed by atoms with Crippen LogP contribution in [0.4, 0.5) is 5.69 Å². The molecular formula is C17H18ClNO4S. The molecule has 0 radical (unpaired) electrons. The van der Waals surface area contributed by atoms with Crippen LogP contribution in [0.5, 0.6) is 0 Å². The predicted octanol–water partition coefficient (Wildman–Crippen LogP) is 4.02. The van der Waals surface area contributed by atoms with Crippen LogP contribution in [0, 0.1) is 6.92 Å². The molecule has 0 bridgehead atoms. The third-order valence-corrected chi connectivity index (χ3v) is 5.05. The maximum atomic E-state index is 12.4. The van der Waals surface area contributed by atoms with Gasteiger partial charge in [-0.15, -0.1) is 0 Å². The molecule has 0 unspecified atom stereocenters. The molecule has 0 fully saturated rings. The molecular weight excluding hydrogens is 350 g/mol. The van der Waals surface area contributed by atoms with E-state index in [1.807, 2.05) is 13.8 Å². The molecule has 0 aromatic heterocycles. The number of halogens is 1. The van der Waals surface area contributed by atoms with Crippen molar-refractivity contribution in [2.75, 3.05) is 11.3 Å². The SMILES string of the molecule is CCCOC(=O)c1ccc(NS(=O)(=O)c2ccc(C)cc2Cl)cc1. The van der Waals surface area contributed by atoms with E-state index in [-0.39, 0.29) is 9.92 Å². The van der Waals surface area contributed by atoms with Gasteiger partial charge in [0, 0.05) is 5.69 Å². The van der Waals surface area contributed by atoms with Crippen molar-refractivity contribution in [1.29, 1.82) is 0 Å². The third kappa shape index (κ3) is 4.49. The predicted molar refractivity (Wildman–Crippen MR) is 94.0 cm³/mol. The van der Waals surface area contributed by atoms with Gasteiger partial charge in [-0.25, -0.2) is 13.2 Å². The van der Waals surface area contributed by atoms with Gasteiger partial charge in [-0.05, 0) is 55.3 Å². The van der Waals surface area contributed by atoms with Crippen LogP contribution in [0.15, 0.2) is 47.4 Å². The highest BCUT2D eigenvalue weighted by Crippen LogP contribution is 2.25. The number of sulfonamides is 1. The number of ether oxygens (including phenoxy) is 1. The molecule has 0 aliphatic heterocycles. The minimum absolute atomic E-state index is 0.00111. The van der Waals surface area contributed by atoms with Crippen molar-refractivity contribution in [3.05, 3.63) is 58.6 Å². The minimum Gasteiger partial charge on any atom is -0.462 e. The van der Waals surface area contributed by atoms with E-state index in [4.69, 9.17) is 16.3 Å². The summed E-state index contributed by atoms with van der Waals surface area (Å²) in [6, 6.07) is 10.7. The van der Waals surface area contributed by atoms with Crippen molar-refractivity contribution in [2.24, 2.45) is 0 Å². The summed E-state index contributed by atoms with van der Waals surface area (Å²) in [5.41, 5.74) is 1.56. The number of rotatable bonds is 6. The van der Waals surface area contributed by atoms with Crippen molar-refractivity contribution in [2.45, 2.75) is 25.2 Å². The second-order valence-electron chi connectivity index (χ2n) is 5.25. The van der Waals surface area contributed by atoms with Crippen LogP contribution >= 0.6 is 11.6 Å². The summed E-state index contributed by atoms with van der Waals surface area (Å²) < 4.78 is 32.3. The zero-order chi connectivity index (χ0) is 17.7. The number of anilines is 1. The second kappa shape index (κ2) is 7.68. The van der Waals surface area contributed by atoms with Crippen LogP contribution in [0.3, 0.4) is 0 Å². The number of aryl methyl sites for hydroxylation is 1. The Morgan fingerprint density at radius 3 is 2.42 bits per heavy atom. The van der Waals surface area contributed by atoms with Crippen molar-refractivity contribution in [1.82, 2.24) is 0 Å². The molecule has 7 heteroatoms. The lowest BCUT2D eigenvalue weighted by atomic mass is 10.2. The molecule has 2 aromatic carbocycles. The molecule has 0 aliphatic carbocycles. The number of hydrogen-bond acceptors (Lipinski definition) is 4. The first-order valence-electron chi connectivity index (χ1n) is 7.39. The molecule has 0 heterocycles. The van der Waals surface area contributed by atoms with Crippen LogP contribution in [0.25, 0.3) is 0 Å². The fourth-order valence-corrected chi connectivity index (χ4v) is 3.65. The molecule has 0 aliphatic rings. The van der Waals surface area contributed by atoms with Gasteiger partial charge in [0.25, 0.3) is 10.0 Å². The van der Waals surface area contributed by atoms with Crippen molar-refractivity contribution in [3.8, 4) is 0 Å².